The normalized spacial score (nSPS) is 12.2. The van der Waals surface area contributed by atoms with E-state index in [1.807, 2.05) is 24.3 Å². The van der Waals surface area contributed by atoms with E-state index in [0.717, 1.165) is 17.7 Å². The van der Waals surface area contributed by atoms with Crippen molar-refractivity contribution in [3.8, 4) is 0 Å². The molecule has 3 nitrogen and oxygen atoms in total. The van der Waals surface area contributed by atoms with Crippen LogP contribution in [0, 0.1) is 0 Å². The third kappa shape index (κ3) is 3.20. The molecule has 0 aromatic heterocycles. The molecule has 3 rings (SSSR count). The second kappa shape index (κ2) is 6.16. The fourth-order valence-electron chi connectivity index (χ4n) is 2.22. The molecule has 2 aromatic rings. The summed E-state index contributed by atoms with van der Waals surface area (Å²) in [6.07, 6.45) is 1.43. The fourth-order valence-corrected chi connectivity index (χ4v) is 2.22. The highest BCUT2D eigenvalue weighted by Gasteiger charge is 2.17. The molecule has 0 radical (unpaired) electrons. The van der Waals surface area contributed by atoms with Crippen LogP contribution in [0.3, 0.4) is 0 Å². The van der Waals surface area contributed by atoms with Gasteiger partial charge in [-0.05, 0) is 36.2 Å². The minimum absolute atomic E-state index is 0.0943. The lowest BCUT2D eigenvalue weighted by Gasteiger charge is -2.04. The van der Waals surface area contributed by atoms with Gasteiger partial charge in [0.1, 0.15) is 0 Å². The van der Waals surface area contributed by atoms with Crippen LogP contribution in [0.25, 0.3) is 0 Å². The van der Waals surface area contributed by atoms with Crippen LogP contribution in [-0.4, -0.2) is 13.0 Å². The van der Waals surface area contributed by atoms with Gasteiger partial charge in [-0.15, -0.1) is 0 Å². The summed E-state index contributed by atoms with van der Waals surface area (Å²) in [5, 5.41) is 2.85. The summed E-state index contributed by atoms with van der Waals surface area (Å²) in [7, 11) is 1.50. The monoisotopic (exact) mass is 254 g/mol. The third-order valence-electron chi connectivity index (χ3n) is 3.05. The molecule has 2 aromatic carbocycles. The number of carbonyl (C=O) groups excluding carboxylic acids is 1. The molecule has 0 fully saturated rings. The van der Waals surface area contributed by atoms with E-state index in [9.17, 15) is 4.79 Å². The molecule has 0 unspecified atom stereocenters. The average molecular weight is 254 g/mol. The molecule has 0 bridgehead atoms. The Morgan fingerprint density at radius 1 is 1.05 bits per heavy atom. The molecule has 98 valence electrons. The Hall–Kier alpha value is -2.13. The van der Waals surface area contributed by atoms with Crippen LogP contribution >= 0.6 is 0 Å². The van der Waals surface area contributed by atoms with Crippen molar-refractivity contribution < 1.29 is 4.79 Å². The largest absolute Gasteiger partial charge is 0.333 e. The van der Waals surface area contributed by atoms with Gasteiger partial charge < -0.3 is 11.1 Å². The van der Waals surface area contributed by atoms with Crippen molar-refractivity contribution in [3.63, 3.8) is 0 Å². The molecular weight excluding hydrogens is 236 g/mol. The van der Waals surface area contributed by atoms with Gasteiger partial charge in [0, 0.05) is 5.69 Å². The van der Waals surface area contributed by atoms with E-state index in [0.29, 0.717) is 6.42 Å². The molecule has 0 spiro atoms. The van der Waals surface area contributed by atoms with Gasteiger partial charge in [0.2, 0.25) is 5.91 Å². The number of nitrogens with one attached hydrogen (secondary N) is 1. The minimum Gasteiger partial charge on any atom is -0.333 e. The van der Waals surface area contributed by atoms with Crippen molar-refractivity contribution in [2.75, 3.05) is 12.4 Å². The number of hydrogen-bond acceptors (Lipinski definition) is 2. The van der Waals surface area contributed by atoms with Crippen LogP contribution in [0.1, 0.15) is 16.7 Å². The maximum atomic E-state index is 11.3. The first-order valence-corrected chi connectivity index (χ1v) is 6.34. The van der Waals surface area contributed by atoms with Crippen LogP contribution < -0.4 is 11.1 Å². The summed E-state index contributed by atoms with van der Waals surface area (Å²) >= 11 is 0. The number of benzene rings is 2. The first kappa shape index (κ1) is 13.3. The zero-order valence-corrected chi connectivity index (χ0v) is 11.0. The van der Waals surface area contributed by atoms with Crippen molar-refractivity contribution in [2.24, 2.45) is 5.73 Å². The smallest absolute Gasteiger partial charge is 0.228 e. The quantitative estimate of drug-likeness (QED) is 0.864. The Morgan fingerprint density at radius 3 is 2.53 bits per heavy atom. The minimum atomic E-state index is 0.0943. The number of amides is 1. The Labute approximate surface area is 113 Å². The van der Waals surface area contributed by atoms with Crippen molar-refractivity contribution in [1.82, 2.24) is 0 Å². The lowest BCUT2D eigenvalue weighted by atomic mass is 10.0. The predicted molar refractivity (Wildman–Crippen MR) is 78.1 cm³/mol. The SMILES string of the molecule is CN.O=C1Cc2cc(Cc3ccccc3)ccc2N1. The van der Waals surface area contributed by atoms with Gasteiger partial charge >= 0.3 is 0 Å². The molecule has 0 atom stereocenters. The van der Waals surface area contributed by atoms with Gasteiger partial charge in [-0.3, -0.25) is 4.79 Å². The lowest BCUT2D eigenvalue weighted by molar-refractivity contribution is -0.115. The second-order valence-corrected chi connectivity index (χ2v) is 4.38. The molecule has 0 saturated heterocycles. The predicted octanol–water partition coefficient (Wildman–Crippen LogP) is 2.35. The Kier molecular flexibility index (Phi) is 4.31. The summed E-state index contributed by atoms with van der Waals surface area (Å²) in [6.45, 7) is 0. The maximum Gasteiger partial charge on any atom is 0.228 e. The number of fused-ring (bicyclic) bond motifs is 1. The molecule has 3 heteroatoms. The van der Waals surface area contributed by atoms with Crippen molar-refractivity contribution in [1.29, 1.82) is 0 Å². The number of carbonyl (C=O) groups is 1. The van der Waals surface area contributed by atoms with E-state index in [4.69, 9.17) is 0 Å². The summed E-state index contributed by atoms with van der Waals surface area (Å²) in [6, 6.07) is 16.6. The molecule has 1 amide bonds. The average Bonchev–Trinajstić information content (AvgIpc) is 2.81. The summed E-state index contributed by atoms with van der Waals surface area (Å²) in [5.74, 6) is 0.0943. The highest BCUT2D eigenvalue weighted by Crippen LogP contribution is 2.24. The van der Waals surface area contributed by atoms with E-state index in [-0.39, 0.29) is 5.91 Å². The van der Waals surface area contributed by atoms with Gasteiger partial charge in [0.05, 0.1) is 6.42 Å². The van der Waals surface area contributed by atoms with E-state index in [1.165, 1.54) is 18.2 Å². The molecule has 3 N–H and O–H groups in total. The lowest BCUT2D eigenvalue weighted by Crippen LogP contribution is -2.03. The van der Waals surface area contributed by atoms with E-state index >= 15 is 0 Å². The van der Waals surface area contributed by atoms with E-state index in [1.54, 1.807) is 0 Å². The summed E-state index contributed by atoms with van der Waals surface area (Å²) in [5.41, 5.74) is 9.13. The first-order valence-electron chi connectivity index (χ1n) is 6.34. The molecule has 0 aliphatic carbocycles. The second-order valence-electron chi connectivity index (χ2n) is 4.38. The molecule has 1 aliphatic heterocycles. The van der Waals surface area contributed by atoms with E-state index < -0.39 is 0 Å². The Balaban J connectivity index is 0.000000637. The van der Waals surface area contributed by atoms with Gasteiger partial charge in [-0.25, -0.2) is 0 Å². The topological polar surface area (TPSA) is 55.1 Å². The number of rotatable bonds is 2. The first-order chi connectivity index (χ1) is 9.31. The van der Waals surface area contributed by atoms with Crippen LogP contribution in [0.15, 0.2) is 48.5 Å². The number of anilines is 1. The van der Waals surface area contributed by atoms with Crippen LogP contribution in [0.2, 0.25) is 0 Å². The standard InChI is InChI=1S/C15H13NO.CH5N/c17-15-10-13-9-12(6-7-14(13)16-15)8-11-4-2-1-3-5-11;1-2/h1-7,9H,8,10H2,(H,16,17);2H2,1H3. The van der Waals surface area contributed by atoms with E-state index in [2.05, 4.69) is 35.3 Å². The number of nitrogens with two attached hydrogens (primary N) is 1. The molecular formula is C16H18N2O. The third-order valence-corrected chi connectivity index (χ3v) is 3.05. The van der Waals surface area contributed by atoms with Crippen LogP contribution in [0.4, 0.5) is 5.69 Å². The highest BCUT2D eigenvalue weighted by molar-refractivity contribution is 5.99. The maximum absolute atomic E-state index is 11.3. The van der Waals surface area contributed by atoms with Crippen LogP contribution in [0.5, 0.6) is 0 Å². The zero-order chi connectivity index (χ0) is 13.7. The van der Waals surface area contributed by atoms with Gasteiger partial charge in [0.25, 0.3) is 0 Å². The molecule has 0 saturated carbocycles. The molecule has 1 aliphatic rings. The molecule has 1 heterocycles. The van der Waals surface area contributed by atoms with Gasteiger partial charge in [-0.2, -0.15) is 0 Å². The Bertz CT molecular complexity index is 564. The Morgan fingerprint density at radius 2 is 1.79 bits per heavy atom. The highest BCUT2D eigenvalue weighted by atomic mass is 16.1. The van der Waals surface area contributed by atoms with Crippen molar-refractivity contribution >= 4 is 11.6 Å². The fraction of sp³-hybridized carbons (Fsp3) is 0.188. The van der Waals surface area contributed by atoms with Gasteiger partial charge in [-0.1, -0.05) is 42.5 Å². The van der Waals surface area contributed by atoms with Crippen LogP contribution in [-0.2, 0) is 17.6 Å². The summed E-state index contributed by atoms with van der Waals surface area (Å²) in [4.78, 5) is 11.3. The van der Waals surface area contributed by atoms with Crippen molar-refractivity contribution in [2.45, 2.75) is 12.8 Å². The molecule has 19 heavy (non-hydrogen) atoms. The number of hydrogen-bond donors (Lipinski definition) is 2. The van der Waals surface area contributed by atoms with Crippen molar-refractivity contribution in [3.05, 3.63) is 65.2 Å². The van der Waals surface area contributed by atoms with Gasteiger partial charge in [0.15, 0.2) is 0 Å². The summed E-state index contributed by atoms with van der Waals surface area (Å²) < 4.78 is 0. The zero-order valence-electron chi connectivity index (χ0n) is 11.0.